The number of para-hydroxylation sites is 1. The van der Waals surface area contributed by atoms with Gasteiger partial charge in [0.15, 0.2) is 5.96 Å². The highest BCUT2D eigenvalue weighted by Crippen LogP contribution is 2.28. The number of nitrogens with one attached hydrogen (secondary N) is 2. The van der Waals surface area contributed by atoms with Crippen molar-refractivity contribution in [2.24, 2.45) is 4.99 Å². The highest BCUT2D eigenvalue weighted by molar-refractivity contribution is 14.0. The molecule has 1 aromatic carbocycles. The quantitative estimate of drug-likeness (QED) is 0.306. The molecule has 0 bridgehead atoms. The zero-order valence-corrected chi connectivity index (χ0v) is 20.0. The van der Waals surface area contributed by atoms with E-state index in [2.05, 4.69) is 44.8 Å². The summed E-state index contributed by atoms with van der Waals surface area (Å²) in [4.78, 5) is 6.89. The fourth-order valence-corrected chi connectivity index (χ4v) is 3.97. The normalized spacial score (nSPS) is 18.4. The highest BCUT2D eigenvalue weighted by atomic mass is 127. The minimum absolute atomic E-state index is 0. The third-order valence-electron chi connectivity index (χ3n) is 5.90. The number of hydrogen-bond acceptors (Lipinski definition) is 4. The number of rotatable bonds is 8. The van der Waals surface area contributed by atoms with Gasteiger partial charge in [0, 0.05) is 25.7 Å². The fourth-order valence-electron chi connectivity index (χ4n) is 3.97. The average molecular weight is 524 g/mol. The van der Waals surface area contributed by atoms with E-state index in [0.29, 0.717) is 12.6 Å². The number of hydrogen-bond donors (Lipinski definition) is 2. The van der Waals surface area contributed by atoms with Gasteiger partial charge in [0.2, 0.25) is 0 Å². The maximum Gasteiger partial charge on any atom is 0.191 e. The van der Waals surface area contributed by atoms with E-state index in [1.165, 1.54) is 19.3 Å². The molecule has 2 heterocycles. The molecule has 2 N–H and O–H groups in total. The second-order valence-electron chi connectivity index (χ2n) is 7.86. The number of aliphatic imine (C=N–C) groups is 1. The Morgan fingerprint density at radius 2 is 1.93 bits per heavy atom. The Balaban J connectivity index is 0.00000256. The van der Waals surface area contributed by atoms with Crippen LogP contribution in [0.5, 0.6) is 5.75 Å². The molecule has 1 aliphatic carbocycles. The van der Waals surface area contributed by atoms with Crippen LogP contribution < -0.4 is 15.4 Å². The van der Waals surface area contributed by atoms with E-state index in [4.69, 9.17) is 9.15 Å². The van der Waals surface area contributed by atoms with Crippen molar-refractivity contribution in [3.05, 3.63) is 54.0 Å². The van der Waals surface area contributed by atoms with E-state index >= 15 is 0 Å². The van der Waals surface area contributed by atoms with Crippen LogP contribution in [0.3, 0.4) is 0 Å². The lowest BCUT2D eigenvalue weighted by Gasteiger charge is -2.28. The third-order valence-corrected chi connectivity index (χ3v) is 5.90. The first-order valence-electron chi connectivity index (χ1n) is 10.8. The first-order chi connectivity index (χ1) is 14.3. The number of guanidine groups is 1. The molecule has 1 atom stereocenters. The van der Waals surface area contributed by atoms with Crippen molar-refractivity contribution in [3.8, 4) is 5.75 Å². The Kier molecular flexibility index (Phi) is 8.87. The Bertz CT molecular complexity index is 786. The molecule has 1 unspecified atom stereocenters. The van der Waals surface area contributed by atoms with Gasteiger partial charge < -0.3 is 19.8 Å². The molecule has 1 aromatic heterocycles. The van der Waals surface area contributed by atoms with Crippen LogP contribution in [0.4, 0.5) is 0 Å². The molecule has 30 heavy (non-hydrogen) atoms. The van der Waals surface area contributed by atoms with Gasteiger partial charge in [-0.05, 0) is 63.4 Å². The molecular weight excluding hydrogens is 491 g/mol. The van der Waals surface area contributed by atoms with Crippen LogP contribution >= 0.6 is 24.0 Å². The van der Waals surface area contributed by atoms with Gasteiger partial charge in [-0.3, -0.25) is 9.89 Å². The molecule has 0 amide bonds. The van der Waals surface area contributed by atoms with Crippen molar-refractivity contribution in [1.29, 1.82) is 0 Å². The first kappa shape index (κ1) is 22.9. The summed E-state index contributed by atoms with van der Waals surface area (Å²) >= 11 is 0. The lowest BCUT2D eigenvalue weighted by Crippen LogP contribution is -2.42. The Morgan fingerprint density at radius 1 is 1.13 bits per heavy atom. The van der Waals surface area contributed by atoms with E-state index in [9.17, 15) is 0 Å². The van der Waals surface area contributed by atoms with Gasteiger partial charge in [-0.1, -0.05) is 18.2 Å². The second kappa shape index (κ2) is 11.6. The smallest absolute Gasteiger partial charge is 0.191 e. The minimum atomic E-state index is 0. The fraction of sp³-hybridized carbons (Fsp3) is 0.522. The monoisotopic (exact) mass is 524 g/mol. The summed E-state index contributed by atoms with van der Waals surface area (Å²) in [7, 11) is 1.81. The third kappa shape index (κ3) is 5.91. The topological polar surface area (TPSA) is 62.0 Å². The van der Waals surface area contributed by atoms with Gasteiger partial charge in [0.05, 0.1) is 18.4 Å². The van der Waals surface area contributed by atoms with Crippen LogP contribution in [0.25, 0.3) is 0 Å². The van der Waals surface area contributed by atoms with Crippen molar-refractivity contribution in [1.82, 2.24) is 15.5 Å². The van der Waals surface area contributed by atoms with Crippen molar-refractivity contribution in [2.75, 3.05) is 26.7 Å². The lowest BCUT2D eigenvalue weighted by atomic mass is 9.96. The summed E-state index contributed by atoms with van der Waals surface area (Å²) in [5.74, 6) is 2.78. The molecule has 4 rings (SSSR count). The largest absolute Gasteiger partial charge is 0.490 e. The summed E-state index contributed by atoms with van der Waals surface area (Å²) < 4.78 is 11.9. The number of ether oxygens (including phenoxy) is 1. The molecule has 2 fully saturated rings. The molecule has 1 saturated heterocycles. The van der Waals surface area contributed by atoms with Crippen LogP contribution in [-0.4, -0.2) is 43.6 Å². The molecule has 1 aliphatic heterocycles. The lowest BCUT2D eigenvalue weighted by molar-refractivity contribution is 0.119. The van der Waals surface area contributed by atoms with Crippen LogP contribution in [0.15, 0.2) is 52.1 Å². The van der Waals surface area contributed by atoms with Crippen LogP contribution in [0.2, 0.25) is 0 Å². The molecule has 0 spiro atoms. The summed E-state index contributed by atoms with van der Waals surface area (Å²) in [6.07, 6.45) is 8.23. The van der Waals surface area contributed by atoms with E-state index in [0.717, 1.165) is 55.5 Å². The first-order valence-corrected chi connectivity index (χ1v) is 10.8. The van der Waals surface area contributed by atoms with Crippen LogP contribution in [0.1, 0.15) is 49.5 Å². The van der Waals surface area contributed by atoms with Gasteiger partial charge >= 0.3 is 0 Å². The van der Waals surface area contributed by atoms with E-state index in [1.807, 2.05) is 19.2 Å². The molecule has 2 aliphatic rings. The second-order valence-corrected chi connectivity index (χ2v) is 7.86. The van der Waals surface area contributed by atoms with Crippen molar-refractivity contribution in [2.45, 2.75) is 50.8 Å². The highest BCUT2D eigenvalue weighted by Gasteiger charge is 2.25. The van der Waals surface area contributed by atoms with E-state index in [1.54, 1.807) is 6.26 Å². The molecule has 0 radical (unpaired) electrons. The number of furan rings is 1. The number of halogens is 1. The zero-order valence-electron chi connectivity index (χ0n) is 17.7. The molecular formula is C23H33IN4O2. The summed E-state index contributed by atoms with van der Waals surface area (Å²) in [6, 6.07) is 12.5. The standard InChI is InChI=1S/C23H32N4O2.HI/c1-24-23(25-16-18-8-2-3-11-21(18)29-19-9-6-10-19)26-17-20(22-12-7-15-28-22)27-13-4-5-14-27;/h2-3,7-8,11-12,15,19-20H,4-6,9-10,13-14,16-17H2,1H3,(H2,24,25,26);1H. The van der Waals surface area contributed by atoms with E-state index < -0.39 is 0 Å². The molecule has 2 aromatic rings. The van der Waals surface area contributed by atoms with Gasteiger partial charge in [-0.25, -0.2) is 0 Å². The van der Waals surface area contributed by atoms with Crippen LogP contribution in [0, 0.1) is 0 Å². The molecule has 7 heteroatoms. The zero-order chi connectivity index (χ0) is 19.9. The van der Waals surface area contributed by atoms with Gasteiger partial charge in [0.25, 0.3) is 0 Å². The molecule has 164 valence electrons. The molecule has 1 saturated carbocycles. The van der Waals surface area contributed by atoms with Crippen molar-refractivity contribution >= 4 is 29.9 Å². The maximum absolute atomic E-state index is 6.14. The van der Waals surface area contributed by atoms with Crippen LogP contribution in [-0.2, 0) is 6.54 Å². The minimum Gasteiger partial charge on any atom is -0.490 e. The van der Waals surface area contributed by atoms with Crippen molar-refractivity contribution in [3.63, 3.8) is 0 Å². The summed E-state index contributed by atoms with van der Waals surface area (Å²) in [6.45, 7) is 3.67. The predicted octanol–water partition coefficient (Wildman–Crippen LogP) is 4.33. The van der Waals surface area contributed by atoms with Gasteiger partial charge in [0.1, 0.15) is 11.5 Å². The number of likely N-dealkylation sites (tertiary alicyclic amines) is 1. The summed E-state index contributed by atoms with van der Waals surface area (Å²) in [5.41, 5.74) is 1.16. The molecule has 6 nitrogen and oxygen atoms in total. The van der Waals surface area contributed by atoms with Crippen molar-refractivity contribution < 1.29 is 9.15 Å². The van der Waals surface area contributed by atoms with E-state index in [-0.39, 0.29) is 30.0 Å². The van der Waals surface area contributed by atoms with Gasteiger partial charge in [-0.15, -0.1) is 24.0 Å². The number of benzene rings is 1. The predicted molar refractivity (Wildman–Crippen MR) is 131 cm³/mol. The maximum atomic E-state index is 6.14. The number of nitrogens with zero attached hydrogens (tertiary/aromatic N) is 2. The Morgan fingerprint density at radius 3 is 2.60 bits per heavy atom. The Labute approximate surface area is 196 Å². The Hall–Kier alpha value is -1.74. The van der Waals surface area contributed by atoms with Gasteiger partial charge in [-0.2, -0.15) is 0 Å². The summed E-state index contributed by atoms with van der Waals surface area (Å²) in [5, 5.41) is 6.92. The SMILES string of the molecule is CN=C(NCc1ccccc1OC1CCC1)NCC(c1ccco1)N1CCCC1.I. The average Bonchev–Trinajstić information content (AvgIpc) is 3.43.